The maximum absolute atomic E-state index is 5.64. The Hall–Kier alpha value is -2.70. The van der Waals surface area contributed by atoms with Gasteiger partial charge in [0, 0.05) is 24.9 Å². The van der Waals surface area contributed by atoms with E-state index in [9.17, 15) is 0 Å². The van der Waals surface area contributed by atoms with E-state index in [0.717, 1.165) is 5.69 Å². The molecule has 2 aromatic rings. The van der Waals surface area contributed by atoms with E-state index in [1.165, 1.54) is 0 Å². The Kier molecular flexibility index (Phi) is 4.09. The monoisotopic (exact) mass is 275 g/mol. The van der Waals surface area contributed by atoms with E-state index in [1.807, 2.05) is 18.2 Å². The molecule has 0 saturated carbocycles. The van der Waals surface area contributed by atoms with Crippen molar-refractivity contribution < 1.29 is 9.47 Å². The number of benzene rings is 1. The van der Waals surface area contributed by atoms with Crippen LogP contribution in [0.3, 0.4) is 0 Å². The Labute approximate surface area is 117 Å². The summed E-state index contributed by atoms with van der Waals surface area (Å²) < 4.78 is 10.4. The molecule has 0 atom stereocenters. The molecule has 0 radical (unpaired) electrons. The molecule has 0 aliphatic heterocycles. The summed E-state index contributed by atoms with van der Waals surface area (Å²) in [6.07, 6.45) is 0. The van der Waals surface area contributed by atoms with Gasteiger partial charge in [0.05, 0.1) is 14.2 Å². The van der Waals surface area contributed by atoms with Gasteiger partial charge in [-0.15, -0.1) is 0 Å². The molecule has 20 heavy (non-hydrogen) atoms. The SMILES string of the molecule is CNc1cc(Nc2ccc(OC)c(OC)c2)nc(N)n1. The number of hydrogen-bond donors (Lipinski definition) is 3. The van der Waals surface area contributed by atoms with Gasteiger partial charge in [-0.1, -0.05) is 0 Å². The molecular weight excluding hydrogens is 258 g/mol. The van der Waals surface area contributed by atoms with E-state index in [1.54, 1.807) is 27.3 Å². The molecular formula is C13H17N5O2. The first-order chi connectivity index (χ1) is 9.66. The zero-order valence-corrected chi connectivity index (χ0v) is 11.6. The average Bonchev–Trinajstić information content (AvgIpc) is 2.46. The van der Waals surface area contributed by atoms with E-state index in [2.05, 4.69) is 20.6 Å². The van der Waals surface area contributed by atoms with Crippen molar-refractivity contribution >= 4 is 23.3 Å². The van der Waals surface area contributed by atoms with Gasteiger partial charge < -0.3 is 25.8 Å². The maximum Gasteiger partial charge on any atom is 0.223 e. The zero-order chi connectivity index (χ0) is 14.5. The third kappa shape index (κ3) is 3.00. The fourth-order valence-corrected chi connectivity index (χ4v) is 1.72. The minimum atomic E-state index is 0.194. The highest BCUT2D eigenvalue weighted by Crippen LogP contribution is 2.31. The lowest BCUT2D eigenvalue weighted by atomic mass is 10.2. The Morgan fingerprint density at radius 3 is 2.35 bits per heavy atom. The molecule has 0 saturated heterocycles. The molecule has 0 fully saturated rings. The highest BCUT2D eigenvalue weighted by Gasteiger charge is 2.06. The van der Waals surface area contributed by atoms with Crippen LogP contribution in [0.4, 0.5) is 23.3 Å². The van der Waals surface area contributed by atoms with E-state index < -0.39 is 0 Å². The number of aromatic nitrogens is 2. The molecule has 0 spiro atoms. The van der Waals surface area contributed by atoms with Crippen LogP contribution in [0.2, 0.25) is 0 Å². The first-order valence-electron chi connectivity index (χ1n) is 5.97. The zero-order valence-electron chi connectivity index (χ0n) is 11.6. The van der Waals surface area contributed by atoms with Crippen molar-refractivity contribution in [3.05, 3.63) is 24.3 Å². The first kappa shape index (κ1) is 13.7. The van der Waals surface area contributed by atoms with E-state index in [0.29, 0.717) is 23.1 Å². The molecule has 7 heteroatoms. The number of hydrogen-bond acceptors (Lipinski definition) is 7. The van der Waals surface area contributed by atoms with Gasteiger partial charge in [-0.3, -0.25) is 0 Å². The molecule has 1 heterocycles. The second-order valence-corrected chi connectivity index (χ2v) is 3.94. The lowest BCUT2D eigenvalue weighted by Gasteiger charge is -2.11. The fraction of sp³-hybridized carbons (Fsp3) is 0.231. The van der Waals surface area contributed by atoms with Crippen LogP contribution < -0.4 is 25.8 Å². The number of nitrogens with zero attached hydrogens (tertiary/aromatic N) is 2. The van der Waals surface area contributed by atoms with Gasteiger partial charge in [-0.05, 0) is 12.1 Å². The van der Waals surface area contributed by atoms with Crippen molar-refractivity contribution in [1.29, 1.82) is 0 Å². The van der Waals surface area contributed by atoms with Crippen LogP contribution in [0.25, 0.3) is 0 Å². The first-order valence-corrected chi connectivity index (χ1v) is 5.97. The minimum Gasteiger partial charge on any atom is -0.493 e. The van der Waals surface area contributed by atoms with E-state index in [-0.39, 0.29) is 5.95 Å². The molecule has 4 N–H and O–H groups in total. The molecule has 0 aliphatic rings. The summed E-state index contributed by atoms with van der Waals surface area (Å²) in [7, 11) is 4.95. The van der Waals surface area contributed by atoms with E-state index in [4.69, 9.17) is 15.2 Å². The number of ether oxygens (including phenoxy) is 2. The molecule has 7 nitrogen and oxygen atoms in total. The number of rotatable bonds is 5. The highest BCUT2D eigenvalue weighted by atomic mass is 16.5. The molecule has 0 aliphatic carbocycles. The normalized spacial score (nSPS) is 9.95. The van der Waals surface area contributed by atoms with Crippen molar-refractivity contribution in [2.45, 2.75) is 0 Å². The topological polar surface area (TPSA) is 94.3 Å². The second kappa shape index (κ2) is 5.96. The van der Waals surface area contributed by atoms with Crippen molar-refractivity contribution in [2.24, 2.45) is 0 Å². The van der Waals surface area contributed by atoms with Crippen LogP contribution in [-0.4, -0.2) is 31.2 Å². The van der Waals surface area contributed by atoms with Gasteiger partial charge in [0.15, 0.2) is 11.5 Å². The molecule has 0 unspecified atom stereocenters. The maximum atomic E-state index is 5.64. The van der Waals surface area contributed by atoms with Crippen LogP contribution >= 0.6 is 0 Å². The summed E-state index contributed by atoms with van der Waals surface area (Å²) in [5.74, 6) is 2.72. The van der Waals surface area contributed by atoms with Gasteiger partial charge in [-0.2, -0.15) is 9.97 Å². The third-order valence-corrected chi connectivity index (χ3v) is 2.66. The van der Waals surface area contributed by atoms with Crippen molar-refractivity contribution in [2.75, 3.05) is 37.6 Å². The lowest BCUT2D eigenvalue weighted by Crippen LogP contribution is -2.03. The van der Waals surface area contributed by atoms with Gasteiger partial charge >= 0.3 is 0 Å². The summed E-state index contributed by atoms with van der Waals surface area (Å²) in [6.45, 7) is 0. The van der Waals surface area contributed by atoms with Crippen molar-refractivity contribution in [3.8, 4) is 11.5 Å². The minimum absolute atomic E-state index is 0.194. The quantitative estimate of drug-likeness (QED) is 0.766. The number of nitrogens with one attached hydrogen (secondary N) is 2. The summed E-state index contributed by atoms with van der Waals surface area (Å²) in [5.41, 5.74) is 6.45. The summed E-state index contributed by atoms with van der Waals surface area (Å²) in [6, 6.07) is 7.24. The Balaban J connectivity index is 2.27. The Morgan fingerprint density at radius 1 is 1.00 bits per heavy atom. The van der Waals surface area contributed by atoms with Gasteiger partial charge in [0.1, 0.15) is 11.6 Å². The van der Waals surface area contributed by atoms with Crippen LogP contribution in [-0.2, 0) is 0 Å². The number of nitrogen functional groups attached to an aromatic ring is 1. The van der Waals surface area contributed by atoms with Crippen molar-refractivity contribution in [3.63, 3.8) is 0 Å². The third-order valence-electron chi connectivity index (χ3n) is 2.66. The van der Waals surface area contributed by atoms with Crippen LogP contribution in [0.1, 0.15) is 0 Å². The molecule has 1 aromatic carbocycles. The summed E-state index contributed by atoms with van der Waals surface area (Å²) >= 11 is 0. The molecule has 1 aromatic heterocycles. The summed E-state index contributed by atoms with van der Waals surface area (Å²) in [5, 5.41) is 6.06. The Morgan fingerprint density at radius 2 is 1.70 bits per heavy atom. The van der Waals surface area contributed by atoms with Crippen LogP contribution in [0.5, 0.6) is 11.5 Å². The van der Waals surface area contributed by atoms with Gasteiger partial charge in [-0.25, -0.2) is 0 Å². The highest BCUT2D eigenvalue weighted by molar-refractivity contribution is 5.64. The molecule has 0 bridgehead atoms. The smallest absolute Gasteiger partial charge is 0.223 e. The van der Waals surface area contributed by atoms with Crippen molar-refractivity contribution in [1.82, 2.24) is 9.97 Å². The Bertz CT molecular complexity index is 603. The largest absolute Gasteiger partial charge is 0.493 e. The van der Waals surface area contributed by atoms with Gasteiger partial charge in [0.2, 0.25) is 5.95 Å². The van der Waals surface area contributed by atoms with E-state index >= 15 is 0 Å². The molecule has 2 rings (SSSR count). The average molecular weight is 275 g/mol. The van der Waals surface area contributed by atoms with Crippen LogP contribution in [0.15, 0.2) is 24.3 Å². The lowest BCUT2D eigenvalue weighted by molar-refractivity contribution is 0.355. The van der Waals surface area contributed by atoms with Gasteiger partial charge in [0.25, 0.3) is 0 Å². The number of nitrogens with two attached hydrogens (primary N) is 1. The summed E-state index contributed by atoms with van der Waals surface area (Å²) in [4.78, 5) is 8.14. The standard InChI is InChI=1S/C13H17N5O2/c1-15-11-7-12(18-13(14)17-11)16-8-4-5-9(19-2)10(6-8)20-3/h4-7H,1-3H3,(H4,14,15,16,17,18). The second-order valence-electron chi connectivity index (χ2n) is 3.94. The molecule has 106 valence electrons. The molecule has 0 amide bonds. The fourth-order valence-electron chi connectivity index (χ4n) is 1.72. The predicted octanol–water partition coefficient (Wildman–Crippen LogP) is 1.86. The number of anilines is 4. The number of methoxy groups -OCH3 is 2. The van der Waals surface area contributed by atoms with Crippen LogP contribution in [0, 0.1) is 0 Å². The predicted molar refractivity (Wildman–Crippen MR) is 78.8 cm³/mol.